The van der Waals surface area contributed by atoms with Crippen molar-refractivity contribution < 1.29 is 4.79 Å². The number of carbonyl (C=O) groups excluding carboxylic acids is 1. The molecule has 1 atom stereocenters. The van der Waals surface area contributed by atoms with Crippen LogP contribution in [0.5, 0.6) is 0 Å². The number of anilines is 1. The van der Waals surface area contributed by atoms with Crippen molar-refractivity contribution in [1.29, 1.82) is 5.26 Å². The predicted octanol–water partition coefficient (Wildman–Crippen LogP) is 2.02. The van der Waals surface area contributed by atoms with Crippen LogP contribution in [0.25, 0.3) is 0 Å². The van der Waals surface area contributed by atoms with E-state index in [2.05, 4.69) is 15.5 Å². The lowest BCUT2D eigenvalue weighted by Crippen LogP contribution is -2.37. The van der Waals surface area contributed by atoms with Crippen LogP contribution in [-0.4, -0.2) is 37.6 Å². The van der Waals surface area contributed by atoms with Crippen molar-refractivity contribution >= 4 is 11.7 Å². The molecule has 0 aromatic heterocycles. The van der Waals surface area contributed by atoms with Crippen molar-refractivity contribution in [3.8, 4) is 6.07 Å². The Morgan fingerprint density at radius 2 is 2.00 bits per heavy atom. The van der Waals surface area contributed by atoms with Crippen molar-refractivity contribution in [2.75, 3.05) is 26.0 Å². The number of nitrogens with one attached hydrogen (secondary N) is 2. The Morgan fingerprint density at radius 3 is 2.53 bits per heavy atom. The summed E-state index contributed by atoms with van der Waals surface area (Å²) in [4.78, 5) is 13.8. The first-order valence-corrected chi connectivity index (χ1v) is 6.23. The highest BCUT2D eigenvalue weighted by Gasteiger charge is 2.07. The lowest BCUT2D eigenvalue weighted by molar-refractivity contribution is 0.247. The van der Waals surface area contributed by atoms with Crippen LogP contribution in [0.3, 0.4) is 0 Å². The van der Waals surface area contributed by atoms with E-state index in [-0.39, 0.29) is 12.1 Å². The minimum absolute atomic E-state index is 0.112. The summed E-state index contributed by atoms with van der Waals surface area (Å²) in [6.45, 7) is 2.90. The van der Waals surface area contributed by atoms with Gasteiger partial charge in [-0.2, -0.15) is 5.26 Å². The van der Waals surface area contributed by atoms with Crippen molar-refractivity contribution in [2.24, 2.45) is 0 Å². The number of nitriles is 1. The van der Waals surface area contributed by atoms with Gasteiger partial charge in [-0.25, -0.2) is 4.79 Å². The number of carbonyl (C=O) groups is 1. The molecule has 5 heteroatoms. The van der Waals surface area contributed by atoms with Crippen LogP contribution in [0.1, 0.15) is 18.9 Å². The van der Waals surface area contributed by atoms with E-state index in [1.54, 1.807) is 24.3 Å². The summed E-state index contributed by atoms with van der Waals surface area (Å²) < 4.78 is 0. The molecule has 102 valence electrons. The van der Waals surface area contributed by atoms with Crippen LogP contribution in [-0.2, 0) is 0 Å². The lowest BCUT2D eigenvalue weighted by atomic mass is 10.2. The van der Waals surface area contributed by atoms with Crippen molar-refractivity contribution in [2.45, 2.75) is 19.4 Å². The number of hydrogen-bond donors (Lipinski definition) is 2. The summed E-state index contributed by atoms with van der Waals surface area (Å²) in [5.74, 6) is 0. The zero-order chi connectivity index (χ0) is 14.3. The number of nitrogens with zero attached hydrogens (tertiary/aromatic N) is 2. The van der Waals surface area contributed by atoms with Gasteiger partial charge in [0.15, 0.2) is 0 Å². The molecule has 2 N–H and O–H groups in total. The van der Waals surface area contributed by atoms with Gasteiger partial charge in [-0.3, -0.25) is 0 Å². The smallest absolute Gasteiger partial charge is 0.319 e. The molecule has 0 aliphatic carbocycles. The fourth-order valence-electron chi connectivity index (χ4n) is 1.54. The molecule has 1 aromatic carbocycles. The average molecular weight is 260 g/mol. The van der Waals surface area contributed by atoms with E-state index in [4.69, 9.17) is 5.26 Å². The number of benzene rings is 1. The normalized spacial score (nSPS) is 11.7. The minimum Gasteiger partial charge on any atom is -0.335 e. The average Bonchev–Trinajstić information content (AvgIpc) is 2.37. The lowest BCUT2D eigenvalue weighted by Gasteiger charge is -2.17. The number of rotatable bonds is 5. The highest BCUT2D eigenvalue weighted by atomic mass is 16.2. The maximum atomic E-state index is 11.7. The summed E-state index contributed by atoms with van der Waals surface area (Å²) >= 11 is 0. The molecule has 0 saturated heterocycles. The Balaban J connectivity index is 2.40. The van der Waals surface area contributed by atoms with Crippen LogP contribution >= 0.6 is 0 Å². The molecule has 0 heterocycles. The van der Waals surface area contributed by atoms with E-state index in [0.717, 1.165) is 13.0 Å². The third-order valence-electron chi connectivity index (χ3n) is 2.66. The van der Waals surface area contributed by atoms with Crippen LogP contribution in [0, 0.1) is 11.3 Å². The number of amides is 2. The topological polar surface area (TPSA) is 68.2 Å². The van der Waals surface area contributed by atoms with E-state index in [1.807, 2.05) is 27.1 Å². The Kier molecular flexibility index (Phi) is 5.83. The largest absolute Gasteiger partial charge is 0.335 e. The van der Waals surface area contributed by atoms with Gasteiger partial charge in [-0.05, 0) is 58.3 Å². The molecular weight excluding hydrogens is 240 g/mol. The zero-order valence-corrected chi connectivity index (χ0v) is 11.6. The van der Waals surface area contributed by atoms with E-state index >= 15 is 0 Å². The van der Waals surface area contributed by atoms with Crippen molar-refractivity contribution in [3.63, 3.8) is 0 Å². The zero-order valence-electron chi connectivity index (χ0n) is 11.6. The van der Waals surface area contributed by atoms with Gasteiger partial charge in [0.05, 0.1) is 11.6 Å². The first kappa shape index (κ1) is 15.0. The van der Waals surface area contributed by atoms with Gasteiger partial charge in [0.25, 0.3) is 0 Å². The van der Waals surface area contributed by atoms with Crippen molar-refractivity contribution in [1.82, 2.24) is 10.2 Å². The van der Waals surface area contributed by atoms with Gasteiger partial charge in [0.2, 0.25) is 0 Å². The Labute approximate surface area is 114 Å². The minimum atomic E-state index is -0.226. The highest BCUT2D eigenvalue weighted by Crippen LogP contribution is 2.08. The van der Waals surface area contributed by atoms with E-state index < -0.39 is 0 Å². The number of urea groups is 1. The van der Waals surface area contributed by atoms with Gasteiger partial charge in [-0.1, -0.05) is 0 Å². The maximum absolute atomic E-state index is 11.7. The molecule has 0 fully saturated rings. The van der Waals surface area contributed by atoms with Crippen LogP contribution in [0.15, 0.2) is 24.3 Å². The second kappa shape index (κ2) is 7.39. The molecule has 0 spiro atoms. The van der Waals surface area contributed by atoms with Gasteiger partial charge in [0, 0.05) is 11.7 Å². The quantitative estimate of drug-likeness (QED) is 0.851. The summed E-state index contributed by atoms with van der Waals surface area (Å²) in [6.07, 6.45) is 0.897. The molecule has 0 aliphatic rings. The fourth-order valence-corrected chi connectivity index (χ4v) is 1.54. The Hall–Kier alpha value is -2.06. The fraction of sp³-hybridized carbons (Fsp3) is 0.429. The first-order valence-electron chi connectivity index (χ1n) is 6.23. The molecule has 0 radical (unpaired) electrons. The molecule has 1 unspecified atom stereocenters. The van der Waals surface area contributed by atoms with E-state index in [0.29, 0.717) is 11.3 Å². The number of hydrogen-bond acceptors (Lipinski definition) is 3. The van der Waals surface area contributed by atoms with Crippen molar-refractivity contribution in [3.05, 3.63) is 29.8 Å². The third-order valence-corrected chi connectivity index (χ3v) is 2.66. The van der Waals surface area contributed by atoms with Crippen LogP contribution < -0.4 is 10.6 Å². The highest BCUT2D eigenvalue weighted by molar-refractivity contribution is 5.89. The Morgan fingerprint density at radius 1 is 1.37 bits per heavy atom. The van der Waals surface area contributed by atoms with Crippen LogP contribution in [0.4, 0.5) is 10.5 Å². The second-order valence-electron chi connectivity index (χ2n) is 4.78. The van der Waals surface area contributed by atoms with Crippen LogP contribution in [0.2, 0.25) is 0 Å². The first-order chi connectivity index (χ1) is 9.01. The van der Waals surface area contributed by atoms with Gasteiger partial charge in [0.1, 0.15) is 0 Å². The standard InChI is InChI=1S/C14H20N4O/c1-11(8-9-18(2)3)16-14(19)17-13-6-4-12(10-15)5-7-13/h4-7,11H,8-9H2,1-3H3,(H2,16,17,19). The maximum Gasteiger partial charge on any atom is 0.319 e. The molecule has 2 amide bonds. The molecule has 19 heavy (non-hydrogen) atoms. The molecule has 1 aromatic rings. The van der Waals surface area contributed by atoms with Gasteiger partial charge < -0.3 is 15.5 Å². The monoisotopic (exact) mass is 260 g/mol. The summed E-state index contributed by atoms with van der Waals surface area (Å²) in [7, 11) is 4.01. The molecule has 0 bridgehead atoms. The summed E-state index contributed by atoms with van der Waals surface area (Å²) in [5.41, 5.74) is 1.25. The predicted molar refractivity (Wildman–Crippen MR) is 75.9 cm³/mol. The molecule has 1 rings (SSSR count). The molecule has 0 saturated carbocycles. The third kappa shape index (κ3) is 5.89. The van der Waals surface area contributed by atoms with E-state index in [1.165, 1.54) is 0 Å². The molecule has 5 nitrogen and oxygen atoms in total. The summed E-state index contributed by atoms with van der Waals surface area (Å²) in [5, 5.41) is 14.3. The summed E-state index contributed by atoms with van der Waals surface area (Å²) in [6, 6.07) is 8.69. The molecule has 0 aliphatic heterocycles. The second-order valence-corrected chi connectivity index (χ2v) is 4.78. The Bertz CT molecular complexity index is 448. The SMILES string of the molecule is CC(CCN(C)C)NC(=O)Nc1ccc(C#N)cc1. The van der Waals surface area contributed by atoms with E-state index in [9.17, 15) is 4.79 Å². The van der Waals surface area contributed by atoms with Gasteiger partial charge >= 0.3 is 6.03 Å². The van der Waals surface area contributed by atoms with Gasteiger partial charge in [-0.15, -0.1) is 0 Å². The molecular formula is C14H20N4O.